The van der Waals surface area contributed by atoms with Gasteiger partial charge in [-0.2, -0.15) is 0 Å². The molecular formula is C17H19N5O. The number of nitrogens with zero attached hydrogens (tertiary/aromatic N) is 3. The summed E-state index contributed by atoms with van der Waals surface area (Å²) >= 11 is 0. The Morgan fingerprint density at radius 3 is 2.61 bits per heavy atom. The van der Waals surface area contributed by atoms with Crippen LogP contribution in [0.1, 0.15) is 5.56 Å². The smallest absolute Gasteiger partial charge is 0.175 e. The molecule has 2 aromatic heterocycles. The average molecular weight is 309 g/mol. The number of anilines is 2. The first-order valence-electron chi connectivity index (χ1n) is 7.50. The van der Waals surface area contributed by atoms with E-state index in [-0.39, 0.29) is 0 Å². The summed E-state index contributed by atoms with van der Waals surface area (Å²) in [5.74, 6) is 1.40. The number of fused-ring (bicyclic) bond motifs is 1. The van der Waals surface area contributed by atoms with E-state index >= 15 is 0 Å². The zero-order valence-electron chi connectivity index (χ0n) is 13.0. The Balaban J connectivity index is 1.82. The fourth-order valence-electron chi connectivity index (χ4n) is 2.29. The van der Waals surface area contributed by atoms with E-state index in [1.807, 2.05) is 30.3 Å². The maximum atomic E-state index is 5.04. The molecule has 0 saturated heterocycles. The highest BCUT2D eigenvalue weighted by molar-refractivity contribution is 5.95. The number of nitrogens with one attached hydrogen (secondary N) is 2. The summed E-state index contributed by atoms with van der Waals surface area (Å²) in [6, 6.07) is 14.1. The van der Waals surface area contributed by atoms with E-state index in [9.17, 15) is 0 Å². The van der Waals surface area contributed by atoms with Crippen molar-refractivity contribution in [3.63, 3.8) is 0 Å². The lowest BCUT2D eigenvalue weighted by atomic mass is 10.2. The third-order valence-electron chi connectivity index (χ3n) is 3.44. The topological polar surface area (TPSA) is 72.0 Å². The van der Waals surface area contributed by atoms with Gasteiger partial charge in [0.15, 0.2) is 11.6 Å². The molecule has 3 rings (SSSR count). The zero-order chi connectivity index (χ0) is 15.9. The molecule has 0 atom stereocenters. The SMILES string of the molecule is COCCNc1nnc(NCc2ccccc2)c2cccnc12. The molecule has 23 heavy (non-hydrogen) atoms. The van der Waals surface area contributed by atoms with E-state index in [4.69, 9.17) is 4.74 Å². The van der Waals surface area contributed by atoms with Crippen LogP contribution in [0, 0.1) is 0 Å². The molecule has 0 bridgehead atoms. The van der Waals surface area contributed by atoms with Crippen molar-refractivity contribution in [1.29, 1.82) is 0 Å². The number of rotatable bonds is 7. The minimum atomic E-state index is 0.601. The minimum absolute atomic E-state index is 0.601. The van der Waals surface area contributed by atoms with Gasteiger partial charge in [-0.25, -0.2) is 0 Å². The fourth-order valence-corrected chi connectivity index (χ4v) is 2.29. The first-order chi connectivity index (χ1) is 11.4. The molecule has 6 heteroatoms. The second kappa shape index (κ2) is 7.51. The zero-order valence-corrected chi connectivity index (χ0v) is 13.0. The van der Waals surface area contributed by atoms with Crippen LogP contribution in [0.15, 0.2) is 48.7 Å². The summed E-state index contributed by atoms with van der Waals surface area (Å²) in [7, 11) is 1.67. The molecule has 0 saturated carbocycles. The van der Waals surface area contributed by atoms with E-state index in [0.29, 0.717) is 25.5 Å². The van der Waals surface area contributed by atoms with Gasteiger partial charge in [-0.15, -0.1) is 10.2 Å². The Kier molecular flexibility index (Phi) is 4.95. The molecule has 0 radical (unpaired) electrons. The number of pyridine rings is 1. The van der Waals surface area contributed by atoms with E-state index in [2.05, 4.69) is 37.9 Å². The molecule has 3 aromatic rings. The van der Waals surface area contributed by atoms with Crippen LogP contribution in [0.25, 0.3) is 10.9 Å². The van der Waals surface area contributed by atoms with E-state index in [0.717, 1.165) is 16.7 Å². The molecule has 0 aliphatic carbocycles. The normalized spacial score (nSPS) is 10.7. The van der Waals surface area contributed by atoms with Gasteiger partial charge < -0.3 is 15.4 Å². The van der Waals surface area contributed by atoms with Gasteiger partial charge in [-0.3, -0.25) is 4.98 Å². The molecule has 0 unspecified atom stereocenters. The Labute approximate surface area is 134 Å². The van der Waals surface area contributed by atoms with Crippen molar-refractivity contribution < 1.29 is 4.74 Å². The van der Waals surface area contributed by atoms with Crippen LogP contribution in [0.2, 0.25) is 0 Å². The van der Waals surface area contributed by atoms with Crippen molar-refractivity contribution in [2.24, 2.45) is 0 Å². The second-order valence-corrected chi connectivity index (χ2v) is 5.06. The van der Waals surface area contributed by atoms with Gasteiger partial charge in [0.2, 0.25) is 0 Å². The third kappa shape index (κ3) is 3.73. The van der Waals surface area contributed by atoms with Crippen molar-refractivity contribution in [1.82, 2.24) is 15.2 Å². The molecule has 0 amide bonds. The number of aromatic nitrogens is 3. The van der Waals surface area contributed by atoms with E-state index < -0.39 is 0 Å². The molecule has 2 N–H and O–H groups in total. The first kappa shape index (κ1) is 15.2. The molecule has 0 aliphatic heterocycles. The third-order valence-corrected chi connectivity index (χ3v) is 3.44. The highest BCUT2D eigenvalue weighted by Crippen LogP contribution is 2.24. The predicted octanol–water partition coefficient (Wildman–Crippen LogP) is 2.70. The number of hydrogen-bond donors (Lipinski definition) is 2. The lowest BCUT2D eigenvalue weighted by molar-refractivity contribution is 0.210. The maximum Gasteiger partial charge on any atom is 0.175 e. The van der Waals surface area contributed by atoms with Gasteiger partial charge in [0.05, 0.1) is 6.61 Å². The van der Waals surface area contributed by atoms with Crippen LogP contribution in [0.5, 0.6) is 0 Å². The Morgan fingerprint density at radius 2 is 1.78 bits per heavy atom. The predicted molar refractivity (Wildman–Crippen MR) is 91.5 cm³/mol. The number of ether oxygens (including phenoxy) is 1. The van der Waals surface area contributed by atoms with Crippen LogP contribution < -0.4 is 10.6 Å². The second-order valence-electron chi connectivity index (χ2n) is 5.06. The molecule has 2 heterocycles. The summed E-state index contributed by atoms with van der Waals surface area (Å²) < 4.78 is 5.04. The van der Waals surface area contributed by atoms with Gasteiger partial charge in [-0.1, -0.05) is 30.3 Å². The van der Waals surface area contributed by atoms with Gasteiger partial charge in [0, 0.05) is 31.8 Å². The Bertz CT molecular complexity index is 763. The average Bonchev–Trinajstić information content (AvgIpc) is 2.62. The fraction of sp³-hybridized carbons (Fsp3) is 0.235. The lowest BCUT2D eigenvalue weighted by Gasteiger charge is -2.11. The minimum Gasteiger partial charge on any atom is -0.383 e. The molecular weight excluding hydrogens is 290 g/mol. The highest BCUT2D eigenvalue weighted by atomic mass is 16.5. The van der Waals surface area contributed by atoms with Crippen molar-refractivity contribution in [3.8, 4) is 0 Å². The summed E-state index contributed by atoms with van der Waals surface area (Å²) in [5.41, 5.74) is 1.99. The van der Waals surface area contributed by atoms with Crippen molar-refractivity contribution in [2.75, 3.05) is 30.9 Å². The van der Waals surface area contributed by atoms with Crippen LogP contribution >= 0.6 is 0 Å². The summed E-state index contributed by atoms with van der Waals surface area (Å²) in [6.45, 7) is 1.95. The molecule has 1 aromatic carbocycles. The maximum absolute atomic E-state index is 5.04. The molecule has 0 spiro atoms. The van der Waals surface area contributed by atoms with Gasteiger partial charge in [-0.05, 0) is 17.7 Å². The van der Waals surface area contributed by atoms with Crippen molar-refractivity contribution in [3.05, 3.63) is 54.2 Å². The van der Waals surface area contributed by atoms with Crippen LogP contribution in [0.3, 0.4) is 0 Å². The molecule has 0 aliphatic rings. The van der Waals surface area contributed by atoms with Crippen LogP contribution in [-0.4, -0.2) is 35.4 Å². The van der Waals surface area contributed by atoms with Gasteiger partial charge in [0.1, 0.15) is 5.52 Å². The largest absolute Gasteiger partial charge is 0.383 e. The van der Waals surface area contributed by atoms with Crippen LogP contribution in [0.4, 0.5) is 11.6 Å². The monoisotopic (exact) mass is 309 g/mol. The lowest BCUT2D eigenvalue weighted by Crippen LogP contribution is -2.11. The summed E-state index contributed by atoms with van der Waals surface area (Å²) in [4.78, 5) is 4.43. The van der Waals surface area contributed by atoms with Crippen molar-refractivity contribution in [2.45, 2.75) is 6.54 Å². The summed E-state index contributed by atoms with van der Waals surface area (Å²) in [6.07, 6.45) is 1.76. The Hall–Kier alpha value is -2.73. The van der Waals surface area contributed by atoms with Gasteiger partial charge in [0.25, 0.3) is 0 Å². The quantitative estimate of drug-likeness (QED) is 0.654. The van der Waals surface area contributed by atoms with E-state index in [1.165, 1.54) is 5.56 Å². The molecule has 118 valence electrons. The standard InChI is InChI=1S/C17H19N5O/c1-23-11-10-19-17-15-14(8-5-9-18-15)16(21-22-17)20-12-13-6-3-2-4-7-13/h2-9H,10-12H2,1H3,(H,19,22)(H,20,21). The molecule has 0 fully saturated rings. The van der Waals surface area contributed by atoms with E-state index in [1.54, 1.807) is 13.3 Å². The Morgan fingerprint density at radius 1 is 0.957 bits per heavy atom. The number of benzene rings is 1. The summed E-state index contributed by atoms with van der Waals surface area (Å²) in [5, 5.41) is 16.0. The van der Waals surface area contributed by atoms with Crippen LogP contribution in [-0.2, 0) is 11.3 Å². The first-order valence-corrected chi connectivity index (χ1v) is 7.50. The molecule has 6 nitrogen and oxygen atoms in total. The highest BCUT2D eigenvalue weighted by Gasteiger charge is 2.09. The number of methoxy groups -OCH3 is 1. The number of hydrogen-bond acceptors (Lipinski definition) is 6. The van der Waals surface area contributed by atoms with Gasteiger partial charge >= 0.3 is 0 Å². The van der Waals surface area contributed by atoms with Crippen molar-refractivity contribution >= 4 is 22.5 Å².